The molecule has 0 bridgehead atoms. The molecule has 0 unspecified atom stereocenters. The Morgan fingerprint density at radius 2 is 1.48 bits per heavy atom. The summed E-state index contributed by atoms with van der Waals surface area (Å²) >= 11 is 6.13. The van der Waals surface area contributed by atoms with Crippen LogP contribution in [-0.4, -0.2) is 11.8 Å². The Morgan fingerprint density at radius 3 is 2.00 bits per heavy atom. The second-order valence-corrected chi connectivity index (χ2v) is 5.51. The highest BCUT2D eigenvalue weighted by molar-refractivity contribution is 6.40. The number of benzene rings is 2. The molecule has 0 spiro atoms. The maximum atomic E-state index is 12.6. The van der Waals surface area contributed by atoms with E-state index in [9.17, 15) is 9.59 Å². The van der Waals surface area contributed by atoms with Crippen molar-refractivity contribution < 1.29 is 9.59 Å². The maximum absolute atomic E-state index is 12.6. The fourth-order valence-corrected chi connectivity index (χ4v) is 2.80. The van der Waals surface area contributed by atoms with Crippen LogP contribution in [0.15, 0.2) is 30.3 Å². The third-order valence-electron chi connectivity index (χ3n) is 3.67. The number of anilines is 2. The fraction of sp³-hybridized carbons (Fsp3) is 0.125. The van der Waals surface area contributed by atoms with Gasteiger partial charge in [-0.15, -0.1) is 0 Å². The van der Waals surface area contributed by atoms with Crippen LogP contribution in [0, 0.1) is 13.8 Å². The zero-order valence-corrected chi connectivity index (χ0v) is 12.4. The van der Waals surface area contributed by atoms with E-state index in [1.807, 2.05) is 26.0 Å². The number of nitrogens with two attached hydrogens (primary N) is 1. The predicted octanol–water partition coefficient (Wildman–Crippen LogP) is 3.34. The first kappa shape index (κ1) is 13.6. The summed E-state index contributed by atoms with van der Waals surface area (Å²) in [6.45, 7) is 3.63. The summed E-state index contributed by atoms with van der Waals surface area (Å²) in [7, 11) is 0. The summed E-state index contributed by atoms with van der Waals surface area (Å²) in [6.07, 6.45) is 0. The lowest BCUT2D eigenvalue weighted by molar-refractivity contribution is 0.0926. The maximum Gasteiger partial charge on any atom is 0.266 e. The van der Waals surface area contributed by atoms with Gasteiger partial charge in [0.25, 0.3) is 11.8 Å². The van der Waals surface area contributed by atoms with Gasteiger partial charge in [0, 0.05) is 5.69 Å². The van der Waals surface area contributed by atoms with E-state index in [2.05, 4.69) is 0 Å². The van der Waals surface area contributed by atoms with Crippen LogP contribution in [0.2, 0.25) is 5.02 Å². The first-order valence-corrected chi connectivity index (χ1v) is 6.83. The Bertz CT molecular complexity index is 758. The molecule has 5 heteroatoms. The Morgan fingerprint density at radius 1 is 0.952 bits per heavy atom. The van der Waals surface area contributed by atoms with E-state index in [-0.39, 0.29) is 11.8 Å². The Kier molecular flexibility index (Phi) is 2.99. The van der Waals surface area contributed by atoms with Crippen LogP contribution in [0.3, 0.4) is 0 Å². The molecule has 0 atom stereocenters. The van der Waals surface area contributed by atoms with Crippen molar-refractivity contribution in [1.29, 1.82) is 0 Å². The van der Waals surface area contributed by atoms with E-state index >= 15 is 0 Å². The molecule has 2 amide bonds. The normalized spacial score (nSPS) is 13.8. The molecule has 2 N–H and O–H groups in total. The van der Waals surface area contributed by atoms with Gasteiger partial charge in [0.05, 0.1) is 21.8 Å². The molecular weight excluding hydrogens is 288 g/mol. The van der Waals surface area contributed by atoms with Crippen molar-refractivity contribution in [1.82, 2.24) is 0 Å². The number of rotatable bonds is 1. The van der Waals surface area contributed by atoms with Gasteiger partial charge in [-0.05, 0) is 43.2 Å². The van der Waals surface area contributed by atoms with Gasteiger partial charge in [0.15, 0.2) is 0 Å². The van der Waals surface area contributed by atoms with Crippen molar-refractivity contribution in [2.45, 2.75) is 13.8 Å². The molecular formula is C16H13ClN2O2. The Labute approximate surface area is 127 Å². The van der Waals surface area contributed by atoms with Crippen molar-refractivity contribution in [2.75, 3.05) is 10.6 Å². The van der Waals surface area contributed by atoms with Gasteiger partial charge in [-0.1, -0.05) is 23.7 Å². The van der Waals surface area contributed by atoms with Gasteiger partial charge in [0.1, 0.15) is 0 Å². The van der Waals surface area contributed by atoms with Crippen LogP contribution >= 0.6 is 11.6 Å². The van der Waals surface area contributed by atoms with Crippen molar-refractivity contribution in [2.24, 2.45) is 0 Å². The Balaban J connectivity index is 2.23. The highest BCUT2D eigenvalue weighted by atomic mass is 35.5. The molecule has 0 aliphatic carbocycles. The zero-order valence-electron chi connectivity index (χ0n) is 11.6. The number of hydrogen-bond acceptors (Lipinski definition) is 3. The number of imide groups is 1. The zero-order chi connectivity index (χ0) is 15.3. The third kappa shape index (κ3) is 1.91. The molecule has 0 saturated carbocycles. The average Bonchev–Trinajstić information content (AvgIpc) is 2.70. The number of carbonyl (C=O) groups is 2. The molecule has 1 heterocycles. The first-order valence-electron chi connectivity index (χ1n) is 6.46. The van der Waals surface area contributed by atoms with Crippen LogP contribution in [0.4, 0.5) is 11.4 Å². The molecule has 0 fully saturated rings. The van der Waals surface area contributed by atoms with Crippen LogP contribution in [0.1, 0.15) is 31.8 Å². The van der Waals surface area contributed by atoms with E-state index in [1.165, 1.54) is 6.07 Å². The number of nitrogens with zero attached hydrogens (tertiary/aromatic N) is 1. The van der Waals surface area contributed by atoms with Crippen molar-refractivity contribution in [3.8, 4) is 0 Å². The number of aryl methyl sites for hydroxylation is 2. The summed E-state index contributed by atoms with van der Waals surface area (Å²) in [5.41, 5.74) is 8.94. The smallest absolute Gasteiger partial charge is 0.266 e. The molecule has 0 aromatic heterocycles. The fourth-order valence-electron chi connectivity index (χ4n) is 2.60. The largest absolute Gasteiger partial charge is 0.399 e. The molecule has 3 rings (SSSR count). The second kappa shape index (κ2) is 4.60. The lowest BCUT2D eigenvalue weighted by atomic mass is 9.99. The number of fused-ring (bicyclic) bond motifs is 1. The number of hydrogen-bond donors (Lipinski definition) is 1. The molecule has 4 nitrogen and oxygen atoms in total. The van der Waals surface area contributed by atoms with Gasteiger partial charge in [-0.2, -0.15) is 0 Å². The van der Waals surface area contributed by atoms with E-state index < -0.39 is 0 Å². The lowest BCUT2D eigenvalue weighted by Crippen LogP contribution is -2.30. The lowest BCUT2D eigenvalue weighted by Gasteiger charge is -2.16. The number of carbonyl (C=O) groups excluding carboxylic acids is 2. The second-order valence-electron chi connectivity index (χ2n) is 5.11. The van der Waals surface area contributed by atoms with Gasteiger partial charge in [-0.3, -0.25) is 9.59 Å². The van der Waals surface area contributed by atoms with Crippen molar-refractivity contribution >= 4 is 34.8 Å². The molecule has 2 aromatic carbocycles. The molecule has 1 aliphatic heterocycles. The summed E-state index contributed by atoms with van der Waals surface area (Å²) in [5, 5.41) is 0.314. The van der Waals surface area contributed by atoms with Gasteiger partial charge < -0.3 is 5.73 Å². The Hall–Kier alpha value is -2.33. The van der Waals surface area contributed by atoms with Gasteiger partial charge >= 0.3 is 0 Å². The minimum atomic E-state index is -0.358. The van der Waals surface area contributed by atoms with Crippen LogP contribution < -0.4 is 10.6 Å². The number of amides is 2. The third-order valence-corrected chi connectivity index (χ3v) is 3.99. The SMILES string of the molecule is Cc1ccc(C)c2c1C(=O)N(c1cc(N)ccc1Cl)C2=O. The van der Waals surface area contributed by atoms with Crippen LogP contribution in [0.25, 0.3) is 0 Å². The highest BCUT2D eigenvalue weighted by Gasteiger charge is 2.39. The van der Waals surface area contributed by atoms with E-state index in [0.29, 0.717) is 27.5 Å². The number of halogens is 1. The van der Waals surface area contributed by atoms with Crippen molar-refractivity contribution in [3.05, 3.63) is 57.6 Å². The van der Waals surface area contributed by atoms with Crippen molar-refractivity contribution in [3.63, 3.8) is 0 Å². The minimum Gasteiger partial charge on any atom is -0.399 e. The van der Waals surface area contributed by atoms with E-state index in [0.717, 1.165) is 16.0 Å². The number of nitrogen functional groups attached to an aromatic ring is 1. The molecule has 2 aromatic rings. The minimum absolute atomic E-state index is 0.314. The predicted molar refractivity (Wildman–Crippen MR) is 82.9 cm³/mol. The van der Waals surface area contributed by atoms with E-state index in [1.54, 1.807) is 12.1 Å². The monoisotopic (exact) mass is 300 g/mol. The topological polar surface area (TPSA) is 63.4 Å². The molecule has 106 valence electrons. The van der Waals surface area contributed by atoms with Crippen LogP contribution in [-0.2, 0) is 0 Å². The summed E-state index contributed by atoms with van der Waals surface area (Å²) in [4.78, 5) is 26.4. The molecule has 0 radical (unpaired) electrons. The van der Waals surface area contributed by atoms with Crippen LogP contribution in [0.5, 0.6) is 0 Å². The average molecular weight is 301 g/mol. The summed E-state index contributed by atoms with van der Waals surface area (Å²) in [6, 6.07) is 8.41. The molecule has 0 saturated heterocycles. The summed E-state index contributed by atoms with van der Waals surface area (Å²) in [5.74, 6) is -0.715. The molecule has 21 heavy (non-hydrogen) atoms. The standard InChI is InChI=1S/C16H13ClN2O2/c1-8-3-4-9(2)14-13(8)15(20)19(16(14)21)12-7-10(18)5-6-11(12)17/h3-7H,18H2,1-2H3. The van der Waals surface area contributed by atoms with E-state index in [4.69, 9.17) is 17.3 Å². The highest BCUT2D eigenvalue weighted by Crippen LogP contribution is 2.36. The quantitative estimate of drug-likeness (QED) is 0.649. The van der Waals surface area contributed by atoms with Gasteiger partial charge in [0.2, 0.25) is 0 Å². The molecule has 1 aliphatic rings. The first-order chi connectivity index (χ1) is 9.91. The van der Waals surface area contributed by atoms with Gasteiger partial charge in [-0.25, -0.2) is 4.90 Å². The summed E-state index contributed by atoms with van der Waals surface area (Å²) < 4.78 is 0.